The molecule has 2 atom stereocenters. The van der Waals surface area contributed by atoms with Crippen LogP contribution in [-0.2, 0) is 4.74 Å². The number of anilines is 1. The van der Waals surface area contributed by atoms with Gasteiger partial charge in [-0.15, -0.1) is 0 Å². The van der Waals surface area contributed by atoms with Gasteiger partial charge in [0.25, 0.3) is 5.91 Å². The minimum Gasteiger partial charge on any atom is -0.491 e. The predicted octanol–water partition coefficient (Wildman–Crippen LogP) is 4.07. The second-order valence-corrected chi connectivity index (χ2v) is 12.0. The third kappa shape index (κ3) is 5.45. The molecule has 3 aliphatic rings. The van der Waals surface area contributed by atoms with E-state index in [1.807, 2.05) is 28.0 Å². The van der Waals surface area contributed by atoms with Gasteiger partial charge < -0.3 is 19.3 Å². The maximum atomic E-state index is 14.0. The van der Waals surface area contributed by atoms with Gasteiger partial charge in [-0.05, 0) is 55.3 Å². The lowest BCUT2D eigenvalue weighted by Gasteiger charge is -2.26. The van der Waals surface area contributed by atoms with E-state index in [1.165, 1.54) is 6.07 Å². The van der Waals surface area contributed by atoms with E-state index in [0.717, 1.165) is 79.7 Å². The van der Waals surface area contributed by atoms with Crippen molar-refractivity contribution in [2.24, 2.45) is 11.8 Å². The van der Waals surface area contributed by atoms with E-state index in [1.54, 1.807) is 19.1 Å². The summed E-state index contributed by atoms with van der Waals surface area (Å²) < 4.78 is 27.6. The number of halogens is 1. The zero-order valence-corrected chi connectivity index (χ0v) is 24.7. The molecule has 224 valence electrons. The number of hydrogen-bond donors (Lipinski definition) is 0. The average Bonchev–Trinajstić information content (AvgIpc) is 3.72. The first-order valence-electron chi connectivity index (χ1n) is 15.1. The third-order valence-corrected chi connectivity index (χ3v) is 9.20. The number of fused-ring (bicyclic) bond motifs is 2. The van der Waals surface area contributed by atoms with Crippen LogP contribution in [0.1, 0.15) is 21.5 Å². The monoisotopic (exact) mass is 584 g/mol. The number of carbonyl (C=O) groups is 1. The molecule has 3 saturated heterocycles. The Bertz CT molecular complexity index is 1620. The highest BCUT2D eigenvalue weighted by atomic mass is 19.1. The fourth-order valence-corrected chi connectivity index (χ4v) is 6.75. The first-order valence-corrected chi connectivity index (χ1v) is 15.1. The third-order valence-electron chi connectivity index (χ3n) is 9.20. The van der Waals surface area contributed by atoms with Crippen LogP contribution < -0.4 is 9.64 Å². The number of rotatable bonds is 7. The van der Waals surface area contributed by atoms with Crippen molar-refractivity contribution in [2.45, 2.75) is 13.8 Å². The Hall–Kier alpha value is -4.02. The number of morpholine rings is 1. The van der Waals surface area contributed by atoms with Gasteiger partial charge in [0.1, 0.15) is 24.0 Å². The number of amides is 1. The lowest BCUT2D eigenvalue weighted by Crippen LogP contribution is -2.38. The van der Waals surface area contributed by atoms with Crippen molar-refractivity contribution in [1.29, 1.82) is 0 Å². The van der Waals surface area contributed by atoms with Gasteiger partial charge >= 0.3 is 0 Å². The Balaban J connectivity index is 1.03. The fraction of sp³-hybridized carbons (Fsp3) is 0.424. The first kappa shape index (κ1) is 27.8. The summed E-state index contributed by atoms with van der Waals surface area (Å²) in [6.07, 6.45) is 5.76. The van der Waals surface area contributed by atoms with Crippen LogP contribution >= 0.6 is 0 Å². The van der Waals surface area contributed by atoms with Crippen LogP contribution in [0, 0.1) is 31.5 Å². The number of pyridine rings is 2. The molecule has 0 N–H and O–H groups in total. The van der Waals surface area contributed by atoms with Crippen LogP contribution in [0.4, 0.5) is 10.2 Å². The van der Waals surface area contributed by atoms with E-state index in [4.69, 9.17) is 14.5 Å². The zero-order chi connectivity index (χ0) is 29.5. The Morgan fingerprint density at radius 2 is 1.84 bits per heavy atom. The topological polar surface area (TPSA) is 75.4 Å². The molecule has 3 aromatic heterocycles. The van der Waals surface area contributed by atoms with Gasteiger partial charge in [-0.1, -0.05) is 6.07 Å². The summed E-state index contributed by atoms with van der Waals surface area (Å²) >= 11 is 0. The standard InChI is InChI=1S/C33H37FN6O3/c1-22-15-36-40-21-27(43-13-10-37-8-11-42-12-9-37)14-29(32(22)40)24-6-7-31(35-16-24)38-17-25-19-39(20-26(25)18-38)33(41)28-4-3-5-30(34)23(28)2/h3-7,14-16,21,25-26H,8-13,17-20H2,1-2H3. The Kier molecular flexibility index (Phi) is 7.48. The number of aromatic nitrogens is 3. The van der Waals surface area contributed by atoms with Gasteiger partial charge in [0, 0.05) is 80.5 Å². The second kappa shape index (κ2) is 11.6. The van der Waals surface area contributed by atoms with Gasteiger partial charge in [0.15, 0.2) is 0 Å². The van der Waals surface area contributed by atoms with Gasteiger partial charge in [-0.25, -0.2) is 13.9 Å². The molecule has 43 heavy (non-hydrogen) atoms. The van der Waals surface area contributed by atoms with Crippen molar-refractivity contribution in [3.63, 3.8) is 0 Å². The van der Waals surface area contributed by atoms with Crippen molar-refractivity contribution in [3.05, 3.63) is 77.5 Å². The molecule has 4 aromatic rings. The highest BCUT2D eigenvalue weighted by Crippen LogP contribution is 2.36. The summed E-state index contributed by atoms with van der Waals surface area (Å²) in [7, 11) is 0. The van der Waals surface area contributed by atoms with Gasteiger partial charge in [-0.3, -0.25) is 9.69 Å². The summed E-state index contributed by atoms with van der Waals surface area (Å²) in [5.74, 6) is 2.06. The van der Waals surface area contributed by atoms with E-state index in [-0.39, 0.29) is 11.7 Å². The maximum absolute atomic E-state index is 14.0. The molecule has 1 amide bonds. The summed E-state index contributed by atoms with van der Waals surface area (Å²) in [5, 5.41) is 4.56. The van der Waals surface area contributed by atoms with Crippen LogP contribution in [-0.4, -0.2) is 95.9 Å². The smallest absolute Gasteiger partial charge is 0.254 e. The number of aryl methyl sites for hydroxylation is 1. The first-order chi connectivity index (χ1) is 20.9. The number of ether oxygens (including phenoxy) is 2. The van der Waals surface area contributed by atoms with E-state index < -0.39 is 0 Å². The van der Waals surface area contributed by atoms with Crippen molar-refractivity contribution >= 4 is 17.2 Å². The number of likely N-dealkylation sites (tertiary alicyclic amines) is 1. The van der Waals surface area contributed by atoms with Crippen LogP contribution in [0.15, 0.2) is 55.0 Å². The lowest BCUT2D eigenvalue weighted by molar-refractivity contribution is 0.0322. The summed E-state index contributed by atoms with van der Waals surface area (Å²) in [5.41, 5.74) is 5.07. The molecule has 0 aliphatic carbocycles. The second-order valence-electron chi connectivity index (χ2n) is 12.0. The van der Waals surface area contributed by atoms with Crippen LogP contribution in [0.2, 0.25) is 0 Å². The molecule has 0 radical (unpaired) electrons. The van der Waals surface area contributed by atoms with Crippen LogP contribution in [0.3, 0.4) is 0 Å². The molecule has 9 nitrogen and oxygen atoms in total. The molecule has 0 saturated carbocycles. The minimum absolute atomic E-state index is 0.0748. The zero-order valence-electron chi connectivity index (χ0n) is 24.7. The molecule has 3 fully saturated rings. The van der Waals surface area contributed by atoms with E-state index in [2.05, 4.69) is 40.0 Å². The van der Waals surface area contributed by atoms with Crippen molar-refractivity contribution < 1.29 is 18.7 Å². The maximum Gasteiger partial charge on any atom is 0.254 e. The van der Waals surface area contributed by atoms with E-state index in [0.29, 0.717) is 42.7 Å². The largest absolute Gasteiger partial charge is 0.491 e. The molecule has 0 spiro atoms. The highest BCUT2D eigenvalue weighted by molar-refractivity contribution is 5.96. The number of hydrogen-bond acceptors (Lipinski definition) is 7. The van der Waals surface area contributed by atoms with Crippen molar-refractivity contribution in [1.82, 2.24) is 24.4 Å². The molecule has 0 bridgehead atoms. The SMILES string of the molecule is Cc1c(F)cccc1C(=O)N1CC2CN(c3ccc(-c4cc(OCCN5CCOCC5)cn5ncc(C)c45)cn3)CC2C1. The lowest BCUT2D eigenvalue weighted by atomic mass is 10.0. The molecule has 2 unspecified atom stereocenters. The number of carbonyl (C=O) groups excluding carboxylic acids is 1. The molecule has 10 heteroatoms. The van der Waals surface area contributed by atoms with E-state index >= 15 is 0 Å². The van der Waals surface area contributed by atoms with Crippen LogP contribution in [0.25, 0.3) is 16.6 Å². The molecular formula is C33H37FN6O3. The molecule has 3 aliphatic heterocycles. The summed E-state index contributed by atoms with van der Waals surface area (Å²) in [4.78, 5) is 24.6. The van der Waals surface area contributed by atoms with E-state index in [9.17, 15) is 9.18 Å². The Morgan fingerprint density at radius 3 is 2.58 bits per heavy atom. The Morgan fingerprint density at radius 1 is 1.05 bits per heavy atom. The Labute approximate surface area is 250 Å². The van der Waals surface area contributed by atoms with Crippen molar-refractivity contribution in [2.75, 3.05) is 70.5 Å². The summed E-state index contributed by atoms with van der Waals surface area (Å²) in [6, 6.07) is 11.0. The highest BCUT2D eigenvalue weighted by Gasteiger charge is 2.42. The average molecular weight is 585 g/mol. The molecule has 6 heterocycles. The number of nitrogens with zero attached hydrogens (tertiary/aromatic N) is 6. The molecule has 1 aromatic carbocycles. The molecular weight excluding hydrogens is 547 g/mol. The quantitative estimate of drug-likeness (QED) is 0.324. The normalized spacial score (nSPS) is 20.6. The molecule has 7 rings (SSSR count). The van der Waals surface area contributed by atoms with Crippen LogP contribution in [0.5, 0.6) is 5.75 Å². The van der Waals surface area contributed by atoms with Crippen molar-refractivity contribution in [3.8, 4) is 16.9 Å². The summed E-state index contributed by atoms with van der Waals surface area (Å²) in [6.45, 7) is 11.7. The fourth-order valence-electron chi connectivity index (χ4n) is 6.75. The van der Waals surface area contributed by atoms with Gasteiger partial charge in [0.05, 0.1) is 31.1 Å². The number of benzene rings is 1. The van der Waals surface area contributed by atoms with Gasteiger partial charge in [-0.2, -0.15) is 5.10 Å². The van der Waals surface area contributed by atoms with Gasteiger partial charge in [0.2, 0.25) is 0 Å². The predicted molar refractivity (Wildman–Crippen MR) is 162 cm³/mol. The minimum atomic E-state index is -0.335.